The fourth-order valence-corrected chi connectivity index (χ4v) is 1.17. The van der Waals surface area contributed by atoms with Gasteiger partial charge < -0.3 is 8.94 Å². The summed E-state index contributed by atoms with van der Waals surface area (Å²) in [5, 5.41) is 16.9. The minimum absolute atomic E-state index is 0.306. The molecule has 3 aromatic rings. The lowest BCUT2D eigenvalue weighted by Gasteiger charge is -1.89. The van der Waals surface area contributed by atoms with Gasteiger partial charge in [-0.1, -0.05) is 5.16 Å². The number of H-pyrrole nitrogens is 1. The van der Waals surface area contributed by atoms with E-state index in [-0.39, 0.29) is 0 Å². The number of hydrogen-bond donors (Lipinski definition) is 1. The van der Waals surface area contributed by atoms with E-state index in [1.165, 1.54) is 18.7 Å². The summed E-state index contributed by atoms with van der Waals surface area (Å²) < 4.78 is 10.1. The first-order valence-electron chi connectivity index (χ1n) is 4.03. The average Bonchev–Trinajstić information content (AvgIpc) is 3.01. The summed E-state index contributed by atoms with van der Waals surface area (Å²) in [4.78, 5) is 3.98. The van der Waals surface area contributed by atoms with E-state index in [1.807, 2.05) is 0 Å². The fourth-order valence-electron chi connectivity index (χ4n) is 1.17. The van der Waals surface area contributed by atoms with E-state index >= 15 is 0 Å². The Bertz CT molecular complexity index is 491. The summed E-state index contributed by atoms with van der Waals surface area (Å²) in [5.41, 5.74) is 0.585. The van der Waals surface area contributed by atoms with Crippen molar-refractivity contribution in [3.63, 3.8) is 0 Å². The third-order valence-corrected chi connectivity index (χ3v) is 1.78. The molecule has 0 aliphatic heterocycles. The molecular weight excluding hydrogens is 200 g/mol. The topological polar surface area (TPSA) is 107 Å². The number of nitrogens with one attached hydrogen (secondary N) is 1. The normalized spacial score (nSPS) is 10.7. The minimum Gasteiger partial charge on any atom is -0.444 e. The zero-order chi connectivity index (χ0) is 10.1. The highest BCUT2D eigenvalue weighted by atomic mass is 16.5. The Balaban J connectivity index is 2.15. The maximum atomic E-state index is 5.12. The molecule has 0 fully saturated rings. The van der Waals surface area contributed by atoms with E-state index in [2.05, 4.69) is 30.8 Å². The van der Waals surface area contributed by atoms with Crippen molar-refractivity contribution in [2.24, 2.45) is 0 Å². The molecule has 3 heterocycles. The number of tetrazole rings is 1. The fraction of sp³-hybridized carbons (Fsp3) is 0. The Labute approximate surface area is 82.3 Å². The molecule has 0 radical (unpaired) electrons. The van der Waals surface area contributed by atoms with Crippen LogP contribution < -0.4 is 0 Å². The predicted octanol–water partition coefficient (Wildman–Crippen LogP) is 0.510. The van der Waals surface area contributed by atoms with Crippen LogP contribution in [0.5, 0.6) is 0 Å². The van der Waals surface area contributed by atoms with Crippen LogP contribution in [0.3, 0.4) is 0 Å². The van der Waals surface area contributed by atoms with Gasteiger partial charge in [-0.05, 0) is 5.21 Å². The second kappa shape index (κ2) is 3.01. The molecule has 0 atom stereocenters. The van der Waals surface area contributed by atoms with Crippen LogP contribution in [-0.4, -0.2) is 30.8 Å². The van der Waals surface area contributed by atoms with Crippen molar-refractivity contribution in [2.45, 2.75) is 0 Å². The molecule has 74 valence electrons. The number of aromatic amines is 1. The number of aromatic nitrogens is 6. The number of nitrogens with zero attached hydrogens (tertiary/aromatic N) is 5. The van der Waals surface area contributed by atoms with Crippen LogP contribution in [-0.2, 0) is 0 Å². The average molecular weight is 204 g/mol. The largest absolute Gasteiger partial charge is 0.444 e. The van der Waals surface area contributed by atoms with Gasteiger partial charge in [-0.2, -0.15) is 5.21 Å². The molecule has 0 bridgehead atoms. The molecular formula is C7H4N6O2. The Morgan fingerprint density at radius 1 is 1.33 bits per heavy atom. The smallest absolute Gasteiger partial charge is 0.243 e. The number of rotatable bonds is 2. The zero-order valence-corrected chi connectivity index (χ0v) is 7.28. The van der Waals surface area contributed by atoms with Crippen LogP contribution in [0.1, 0.15) is 0 Å². The second-order valence-electron chi connectivity index (χ2n) is 2.64. The van der Waals surface area contributed by atoms with Gasteiger partial charge in [0, 0.05) is 0 Å². The van der Waals surface area contributed by atoms with E-state index in [4.69, 9.17) is 8.94 Å². The summed E-state index contributed by atoms with van der Waals surface area (Å²) in [7, 11) is 0. The monoisotopic (exact) mass is 204 g/mol. The van der Waals surface area contributed by atoms with Gasteiger partial charge in [-0.3, -0.25) is 0 Å². The van der Waals surface area contributed by atoms with Gasteiger partial charge >= 0.3 is 0 Å². The van der Waals surface area contributed by atoms with Crippen LogP contribution in [0.4, 0.5) is 0 Å². The van der Waals surface area contributed by atoms with E-state index in [0.29, 0.717) is 23.0 Å². The molecule has 0 saturated carbocycles. The van der Waals surface area contributed by atoms with Gasteiger partial charge in [-0.15, -0.1) is 10.2 Å². The standard InChI is InChI=1S/C7H4N6O2/c1-2-14-7(8-1)4-3-9-15-5(4)6-10-12-13-11-6/h1-3H,(H,10,11,12,13). The van der Waals surface area contributed by atoms with Crippen LogP contribution in [0.2, 0.25) is 0 Å². The lowest BCUT2D eigenvalue weighted by Crippen LogP contribution is -1.82. The molecule has 15 heavy (non-hydrogen) atoms. The van der Waals surface area contributed by atoms with Gasteiger partial charge in [0.15, 0.2) is 0 Å². The maximum absolute atomic E-state index is 5.12. The van der Waals surface area contributed by atoms with Gasteiger partial charge in [0.05, 0.1) is 12.4 Å². The number of oxazole rings is 1. The molecule has 0 aliphatic carbocycles. The summed E-state index contributed by atoms with van der Waals surface area (Å²) in [6.07, 6.45) is 4.47. The van der Waals surface area contributed by atoms with E-state index in [0.717, 1.165) is 0 Å². The number of hydrogen-bond acceptors (Lipinski definition) is 7. The lowest BCUT2D eigenvalue weighted by atomic mass is 10.2. The molecule has 0 amide bonds. The van der Waals surface area contributed by atoms with Crippen LogP contribution in [0, 0.1) is 0 Å². The van der Waals surface area contributed by atoms with Crippen molar-refractivity contribution in [3.05, 3.63) is 18.7 Å². The van der Waals surface area contributed by atoms with Crippen molar-refractivity contribution in [3.8, 4) is 23.0 Å². The Hall–Kier alpha value is -2.51. The summed E-state index contributed by atoms with van der Waals surface area (Å²) in [6, 6.07) is 0. The van der Waals surface area contributed by atoms with Gasteiger partial charge in [-0.25, -0.2) is 4.98 Å². The van der Waals surface area contributed by atoms with Crippen molar-refractivity contribution in [1.82, 2.24) is 30.8 Å². The molecule has 0 aliphatic rings. The summed E-state index contributed by atoms with van der Waals surface area (Å²) >= 11 is 0. The van der Waals surface area contributed by atoms with Crippen LogP contribution in [0.15, 0.2) is 27.6 Å². The van der Waals surface area contributed by atoms with Crippen molar-refractivity contribution in [2.75, 3.05) is 0 Å². The molecule has 0 aromatic carbocycles. The quantitative estimate of drug-likeness (QED) is 0.647. The van der Waals surface area contributed by atoms with Crippen LogP contribution >= 0.6 is 0 Å². The van der Waals surface area contributed by atoms with Crippen molar-refractivity contribution < 1.29 is 8.94 Å². The molecule has 8 nitrogen and oxygen atoms in total. The second-order valence-corrected chi connectivity index (χ2v) is 2.64. The van der Waals surface area contributed by atoms with E-state index < -0.39 is 0 Å². The highest BCUT2D eigenvalue weighted by Gasteiger charge is 2.19. The highest BCUT2D eigenvalue weighted by Crippen LogP contribution is 2.27. The molecule has 3 rings (SSSR count). The Morgan fingerprint density at radius 2 is 2.33 bits per heavy atom. The van der Waals surface area contributed by atoms with Crippen molar-refractivity contribution >= 4 is 0 Å². The molecule has 1 N–H and O–H groups in total. The third-order valence-electron chi connectivity index (χ3n) is 1.78. The van der Waals surface area contributed by atoms with Gasteiger partial charge in [0.1, 0.15) is 11.8 Å². The summed E-state index contributed by atoms with van der Waals surface area (Å²) in [6.45, 7) is 0. The molecule has 0 saturated heterocycles. The van der Waals surface area contributed by atoms with Crippen LogP contribution in [0.25, 0.3) is 23.0 Å². The Morgan fingerprint density at radius 3 is 3.07 bits per heavy atom. The maximum Gasteiger partial charge on any atom is 0.243 e. The minimum atomic E-state index is 0.306. The third kappa shape index (κ3) is 1.19. The molecule has 3 aromatic heterocycles. The summed E-state index contributed by atoms with van der Waals surface area (Å²) in [5.74, 6) is 1.07. The zero-order valence-electron chi connectivity index (χ0n) is 7.28. The van der Waals surface area contributed by atoms with Crippen molar-refractivity contribution in [1.29, 1.82) is 0 Å². The highest BCUT2D eigenvalue weighted by molar-refractivity contribution is 5.69. The Kier molecular flexibility index (Phi) is 1.58. The first-order valence-corrected chi connectivity index (χ1v) is 4.03. The SMILES string of the molecule is c1coc(-c2cnoc2-c2nn[nH]n2)n1. The lowest BCUT2D eigenvalue weighted by molar-refractivity contribution is 0.429. The predicted molar refractivity (Wildman–Crippen MR) is 45.2 cm³/mol. The van der Waals surface area contributed by atoms with Gasteiger partial charge in [0.25, 0.3) is 0 Å². The van der Waals surface area contributed by atoms with E-state index in [9.17, 15) is 0 Å². The van der Waals surface area contributed by atoms with Gasteiger partial charge in [0.2, 0.25) is 17.5 Å². The first kappa shape index (κ1) is 7.85. The molecule has 0 spiro atoms. The molecule has 8 heteroatoms. The first-order chi connectivity index (χ1) is 7.45. The molecule has 0 unspecified atom stereocenters. The van der Waals surface area contributed by atoms with E-state index in [1.54, 1.807) is 0 Å².